The van der Waals surface area contributed by atoms with Crippen LogP contribution in [0.25, 0.3) is 0 Å². The summed E-state index contributed by atoms with van der Waals surface area (Å²) < 4.78 is 38.0. The molecular weight excluding hydrogens is 213 g/mol. The number of carboxylic acid groups (broad SMARTS) is 1. The van der Waals surface area contributed by atoms with Crippen molar-refractivity contribution in [3.63, 3.8) is 0 Å². The minimum atomic E-state index is -4.59. The van der Waals surface area contributed by atoms with Crippen LogP contribution in [-0.2, 0) is 6.18 Å². The van der Waals surface area contributed by atoms with Gasteiger partial charge in [0.25, 0.3) is 0 Å². The summed E-state index contributed by atoms with van der Waals surface area (Å²) in [5, 5.41) is 11.9. The molecule has 0 fully saturated rings. The van der Waals surface area contributed by atoms with Crippen LogP contribution in [0, 0.1) is 0 Å². The maximum atomic E-state index is 12.4. The third-order valence-corrected chi connectivity index (χ3v) is 1.73. The van der Waals surface area contributed by atoms with Gasteiger partial charge in [-0.1, -0.05) is 0 Å². The lowest BCUT2D eigenvalue weighted by Gasteiger charge is -2.12. The molecule has 0 atom stereocenters. The molecule has 4 nitrogen and oxygen atoms in total. The van der Waals surface area contributed by atoms with E-state index < -0.39 is 29.6 Å². The van der Waals surface area contributed by atoms with Crippen molar-refractivity contribution in [1.29, 1.82) is 0 Å². The zero-order chi connectivity index (χ0) is 11.8. The SMILES string of the molecule is CC(C)n1nc(C(=O)O)cc1C(F)(F)F. The first-order chi connectivity index (χ1) is 6.73. The van der Waals surface area contributed by atoms with E-state index in [-0.39, 0.29) is 0 Å². The van der Waals surface area contributed by atoms with Crippen LogP contribution in [0.1, 0.15) is 36.1 Å². The lowest BCUT2D eigenvalue weighted by Crippen LogP contribution is -2.16. The van der Waals surface area contributed by atoms with Crippen LogP contribution in [0.15, 0.2) is 6.07 Å². The smallest absolute Gasteiger partial charge is 0.433 e. The van der Waals surface area contributed by atoms with Gasteiger partial charge < -0.3 is 5.11 Å². The molecule has 0 unspecified atom stereocenters. The summed E-state index contributed by atoms with van der Waals surface area (Å²) in [6, 6.07) is -0.0165. The molecular formula is C8H9F3N2O2. The zero-order valence-electron chi connectivity index (χ0n) is 8.04. The number of carboxylic acids is 1. The molecule has 1 heterocycles. The predicted octanol–water partition coefficient (Wildman–Crippen LogP) is 2.18. The molecule has 0 amide bonds. The Kier molecular flexibility index (Phi) is 2.74. The number of aromatic nitrogens is 2. The maximum absolute atomic E-state index is 12.4. The van der Waals surface area contributed by atoms with E-state index in [1.54, 1.807) is 0 Å². The fraction of sp³-hybridized carbons (Fsp3) is 0.500. The van der Waals surface area contributed by atoms with Gasteiger partial charge in [0.15, 0.2) is 5.69 Å². The van der Waals surface area contributed by atoms with Crippen molar-refractivity contribution in [3.05, 3.63) is 17.5 Å². The van der Waals surface area contributed by atoms with E-state index in [1.165, 1.54) is 13.8 Å². The molecule has 0 aromatic carbocycles. The van der Waals surface area contributed by atoms with E-state index >= 15 is 0 Å². The van der Waals surface area contributed by atoms with E-state index in [4.69, 9.17) is 5.11 Å². The average Bonchev–Trinajstić information content (AvgIpc) is 2.45. The minimum Gasteiger partial charge on any atom is -0.476 e. The Labute approximate surface area is 83.3 Å². The third-order valence-electron chi connectivity index (χ3n) is 1.73. The molecule has 15 heavy (non-hydrogen) atoms. The second-order valence-corrected chi connectivity index (χ2v) is 3.26. The fourth-order valence-corrected chi connectivity index (χ4v) is 1.10. The van der Waals surface area contributed by atoms with Gasteiger partial charge in [-0.05, 0) is 13.8 Å². The van der Waals surface area contributed by atoms with Crippen molar-refractivity contribution in [2.45, 2.75) is 26.1 Å². The second kappa shape index (κ2) is 3.56. The summed E-state index contributed by atoms with van der Waals surface area (Å²) in [6.45, 7) is 2.99. The molecule has 0 aliphatic rings. The van der Waals surface area contributed by atoms with E-state index in [0.29, 0.717) is 10.7 Å². The minimum absolute atomic E-state index is 0.530. The van der Waals surface area contributed by atoms with Crippen molar-refractivity contribution >= 4 is 5.97 Å². The number of hydrogen-bond donors (Lipinski definition) is 1. The van der Waals surface area contributed by atoms with Gasteiger partial charge in [0.1, 0.15) is 5.69 Å². The summed E-state index contributed by atoms with van der Waals surface area (Å²) in [6.07, 6.45) is -4.59. The normalized spacial score (nSPS) is 12.1. The van der Waals surface area contributed by atoms with Gasteiger partial charge in [-0.25, -0.2) is 4.79 Å². The van der Waals surface area contributed by atoms with Crippen molar-refractivity contribution in [3.8, 4) is 0 Å². The quantitative estimate of drug-likeness (QED) is 0.834. The molecule has 0 spiro atoms. The second-order valence-electron chi connectivity index (χ2n) is 3.26. The Morgan fingerprint density at radius 1 is 1.53 bits per heavy atom. The van der Waals surface area contributed by atoms with E-state index in [2.05, 4.69) is 5.10 Å². The van der Waals surface area contributed by atoms with Crippen LogP contribution in [0.3, 0.4) is 0 Å². The maximum Gasteiger partial charge on any atom is 0.433 e. The molecule has 0 bridgehead atoms. The first-order valence-corrected chi connectivity index (χ1v) is 4.13. The molecule has 7 heteroatoms. The van der Waals surface area contributed by atoms with Crippen molar-refractivity contribution < 1.29 is 23.1 Å². The molecule has 1 aromatic heterocycles. The number of rotatable bonds is 2. The Hall–Kier alpha value is -1.53. The summed E-state index contributed by atoms with van der Waals surface area (Å²) >= 11 is 0. The highest BCUT2D eigenvalue weighted by atomic mass is 19.4. The van der Waals surface area contributed by atoms with Gasteiger partial charge in [-0.15, -0.1) is 0 Å². The number of alkyl halides is 3. The highest BCUT2D eigenvalue weighted by Crippen LogP contribution is 2.31. The van der Waals surface area contributed by atoms with Crippen LogP contribution in [0.4, 0.5) is 13.2 Å². The van der Waals surface area contributed by atoms with Crippen molar-refractivity contribution in [2.75, 3.05) is 0 Å². The van der Waals surface area contributed by atoms with Crippen molar-refractivity contribution in [1.82, 2.24) is 9.78 Å². The number of hydrogen-bond acceptors (Lipinski definition) is 2. The first-order valence-electron chi connectivity index (χ1n) is 4.13. The lowest BCUT2D eigenvalue weighted by atomic mass is 10.3. The van der Waals surface area contributed by atoms with Crippen LogP contribution in [0.5, 0.6) is 0 Å². The molecule has 1 N–H and O–H groups in total. The van der Waals surface area contributed by atoms with E-state index in [9.17, 15) is 18.0 Å². The molecule has 0 aliphatic heterocycles. The largest absolute Gasteiger partial charge is 0.476 e. The summed E-state index contributed by atoms with van der Waals surface area (Å²) in [7, 11) is 0. The lowest BCUT2D eigenvalue weighted by molar-refractivity contribution is -0.144. The highest BCUT2D eigenvalue weighted by Gasteiger charge is 2.37. The Bertz CT molecular complexity index is 382. The molecule has 1 aromatic rings. The van der Waals surface area contributed by atoms with Gasteiger partial charge in [0.05, 0.1) is 0 Å². The zero-order valence-corrected chi connectivity index (χ0v) is 8.04. The molecule has 0 saturated heterocycles. The molecule has 84 valence electrons. The van der Waals surface area contributed by atoms with Gasteiger partial charge in [-0.2, -0.15) is 18.3 Å². The summed E-state index contributed by atoms with van der Waals surface area (Å²) in [5.74, 6) is -1.47. The van der Waals surface area contributed by atoms with Gasteiger partial charge in [0.2, 0.25) is 0 Å². The number of aromatic carboxylic acids is 1. The molecule has 0 saturated carbocycles. The van der Waals surface area contributed by atoms with Gasteiger partial charge in [0, 0.05) is 12.1 Å². The fourth-order valence-electron chi connectivity index (χ4n) is 1.10. The van der Waals surface area contributed by atoms with E-state index in [0.717, 1.165) is 0 Å². The Morgan fingerprint density at radius 2 is 2.07 bits per heavy atom. The van der Waals surface area contributed by atoms with Crippen LogP contribution in [0.2, 0.25) is 0 Å². The first kappa shape index (κ1) is 11.5. The van der Waals surface area contributed by atoms with Gasteiger partial charge >= 0.3 is 12.1 Å². The Balaban J connectivity index is 3.30. The number of nitrogens with zero attached hydrogens (tertiary/aromatic N) is 2. The standard InChI is InChI=1S/C8H9F3N2O2/c1-4(2)13-6(8(9,10)11)3-5(12-13)7(14)15/h3-4H,1-2H3,(H,14,15). The molecule has 1 rings (SSSR count). The predicted molar refractivity (Wildman–Crippen MR) is 44.6 cm³/mol. The molecule has 0 radical (unpaired) electrons. The third kappa shape index (κ3) is 2.28. The van der Waals surface area contributed by atoms with Crippen LogP contribution >= 0.6 is 0 Å². The van der Waals surface area contributed by atoms with Crippen LogP contribution < -0.4 is 0 Å². The van der Waals surface area contributed by atoms with E-state index in [1.807, 2.05) is 0 Å². The topological polar surface area (TPSA) is 55.1 Å². The van der Waals surface area contributed by atoms with Crippen LogP contribution in [-0.4, -0.2) is 20.9 Å². The monoisotopic (exact) mass is 222 g/mol. The summed E-state index contributed by atoms with van der Waals surface area (Å²) in [5.41, 5.74) is -1.65. The number of halogens is 3. The Morgan fingerprint density at radius 3 is 2.33 bits per heavy atom. The summed E-state index contributed by atoms with van der Waals surface area (Å²) in [4.78, 5) is 10.5. The van der Waals surface area contributed by atoms with Crippen molar-refractivity contribution in [2.24, 2.45) is 0 Å². The highest BCUT2D eigenvalue weighted by molar-refractivity contribution is 5.85. The number of carbonyl (C=O) groups is 1. The molecule has 0 aliphatic carbocycles. The van der Waals surface area contributed by atoms with Gasteiger partial charge in [-0.3, -0.25) is 4.68 Å². The average molecular weight is 222 g/mol.